The van der Waals surface area contributed by atoms with Gasteiger partial charge in [-0.1, -0.05) is 6.92 Å². The van der Waals surface area contributed by atoms with Gasteiger partial charge in [-0.25, -0.2) is 4.79 Å². The lowest BCUT2D eigenvalue weighted by molar-refractivity contribution is -0.122. The number of thiophene rings is 1. The van der Waals surface area contributed by atoms with Crippen LogP contribution in [0, 0.1) is 13.8 Å². The molecule has 0 radical (unpaired) electrons. The van der Waals surface area contributed by atoms with E-state index in [1.165, 1.54) is 9.78 Å². The van der Waals surface area contributed by atoms with E-state index in [1.54, 1.807) is 17.4 Å². The lowest BCUT2D eigenvalue weighted by atomic mass is 9.95. The number of imide groups is 1. The van der Waals surface area contributed by atoms with Crippen molar-refractivity contribution in [3.05, 3.63) is 43.9 Å². The molecule has 0 bridgehead atoms. The number of carboxylic acids is 1. The van der Waals surface area contributed by atoms with Gasteiger partial charge in [-0.05, 0) is 81.0 Å². The topological polar surface area (TPSA) is 79.6 Å². The Morgan fingerprint density at radius 2 is 1.97 bits per heavy atom. The number of fused-ring (bicyclic) bond motifs is 1. The Hall–Kier alpha value is -2.32. The molecule has 4 rings (SSSR count). The highest BCUT2D eigenvalue weighted by atomic mass is 32.2. The molecule has 1 saturated heterocycles. The van der Waals surface area contributed by atoms with Gasteiger partial charge >= 0.3 is 5.97 Å². The first-order valence-corrected chi connectivity index (χ1v) is 11.8. The molecular weight excluding hydrogens is 420 g/mol. The van der Waals surface area contributed by atoms with Crippen LogP contribution in [-0.2, 0) is 17.6 Å². The van der Waals surface area contributed by atoms with Gasteiger partial charge in [0, 0.05) is 22.8 Å². The number of aromatic carboxylic acids is 1. The van der Waals surface area contributed by atoms with Gasteiger partial charge < -0.3 is 9.67 Å². The highest BCUT2D eigenvalue weighted by molar-refractivity contribution is 8.18. The third kappa shape index (κ3) is 3.41. The quantitative estimate of drug-likeness (QED) is 0.643. The Labute approximate surface area is 183 Å². The fourth-order valence-corrected chi connectivity index (χ4v) is 6.58. The summed E-state index contributed by atoms with van der Waals surface area (Å²) in [6.07, 6.45) is 6.33. The van der Waals surface area contributed by atoms with Gasteiger partial charge in [0.2, 0.25) is 0 Å². The Balaban J connectivity index is 1.78. The summed E-state index contributed by atoms with van der Waals surface area (Å²) in [6.45, 7) is 6.22. The van der Waals surface area contributed by atoms with E-state index in [0.717, 1.165) is 71.4 Å². The van der Waals surface area contributed by atoms with E-state index >= 15 is 0 Å². The summed E-state index contributed by atoms with van der Waals surface area (Å²) >= 11 is 2.53. The van der Waals surface area contributed by atoms with Crippen LogP contribution in [0.25, 0.3) is 11.1 Å². The zero-order valence-electron chi connectivity index (χ0n) is 17.3. The van der Waals surface area contributed by atoms with E-state index < -0.39 is 5.97 Å². The standard InChI is InChI=1S/C22H24N2O4S2/c1-4-9-23-19(25)17(30-22(23)28)11-14-10-12(2)24(13(14)3)20-18(21(26)27)15-7-5-6-8-16(15)29-20/h10-11H,4-9H2,1-3H3,(H,26,27). The molecule has 1 fully saturated rings. The second-order valence-electron chi connectivity index (χ2n) is 7.69. The average molecular weight is 445 g/mol. The van der Waals surface area contributed by atoms with E-state index in [1.807, 2.05) is 31.4 Å². The van der Waals surface area contributed by atoms with Crippen LogP contribution in [0.2, 0.25) is 0 Å². The summed E-state index contributed by atoms with van der Waals surface area (Å²) in [4.78, 5) is 39.7. The number of hydrogen-bond acceptors (Lipinski definition) is 5. The number of carbonyl (C=O) groups is 3. The number of amides is 2. The SMILES string of the molecule is CCCN1C(=O)SC(=Cc2cc(C)n(-c3sc4c(c3C(=O)O)CCCC4)c2C)C1=O. The van der Waals surface area contributed by atoms with Crippen molar-refractivity contribution < 1.29 is 19.5 Å². The number of rotatable bonds is 5. The zero-order valence-corrected chi connectivity index (χ0v) is 18.9. The molecule has 0 aromatic carbocycles. The molecule has 0 unspecified atom stereocenters. The molecular formula is C22H24N2O4S2. The van der Waals surface area contributed by atoms with E-state index in [0.29, 0.717) is 17.0 Å². The highest BCUT2D eigenvalue weighted by Gasteiger charge is 2.34. The Morgan fingerprint density at radius 1 is 1.23 bits per heavy atom. The molecule has 1 aliphatic heterocycles. The minimum absolute atomic E-state index is 0.235. The van der Waals surface area contributed by atoms with Crippen LogP contribution in [0.1, 0.15) is 63.9 Å². The lowest BCUT2D eigenvalue weighted by Crippen LogP contribution is -2.28. The van der Waals surface area contributed by atoms with E-state index in [9.17, 15) is 19.5 Å². The maximum atomic E-state index is 12.6. The van der Waals surface area contributed by atoms with Gasteiger partial charge in [-0.15, -0.1) is 11.3 Å². The van der Waals surface area contributed by atoms with Gasteiger partial charge in [-0.3, -0.25) is 14.5 Å². The van der Waals surface area contributed by atoms with Crippen LogP contribution >= 0.6 is 23.1 Å². The van der Waals surface area contributed by atoms with E-state index in [4.69, 9.17) is 0 Å². The molecule has 1 aliphatic carbocycles. The Bertz CT molecular complexity index is 1090. The van der Waals surface area contributed by atoms with E-state index in [-0.39, 0.29) is 11.1 Å². The second-order valence-corrected chi connectivity index (χ2v) is 9.77. The normalized spacial score (nSPS) is 17.8. The average Bonchev–Trinajstić information content (AvgIpc) is 3.29. The molecule has 0 atom stereocenters. The molecule has 2 amide bonds. The molecule has 2 aliphatic rings. The number of aromatic nitrogens is 1. The van der Waals surface area contributed by atoms with Crippen molar-refractivity contribution in [2.24, 2.45) is 0 Å². The van der Waals surface area contributed by atoms with Crippen molar-refractivity contribution in [2.45, 2.75) is 52.9 Å². The number of thioether (sulfide) groups is 1. The summed E-state index contributed by atoms with van der Waals surface area (Å²) in [7, 11) is 0. The molecule has 2 aromatic rings. The summed E-state index contributed by atoms with van der Waals surface area (Å²) in [6, 6.07) is 1.95. The van der Waals surface area contributed by atoms with Crippen LogP contribution in [0.15, 0.2) is 11.0 Å². The fourth-order valence-electron chi connectivity index (χ4n) is 4.23. The highest BCUT2D eigenvalue weighted by Crippen LogP contribution is 2.39. The number of aryl methyl sites for hydroxylation is 2. The van der Waals surface area contributed by atoms with Crippen LogP contribution in [0.5, 0.6) is 0 Å². The van der Waals surface area contributed by atoms with Gasteiger partial charge in [0.15, 0.2) is 0 Å². The summed E-state index contributed by atoms with van der Waals surface area (Å²) in [5, 5.41) is 10.4. The third-order valence-corrected chi connectivity index (χ3v) is 7.83. The van der Waals surface area contributed by atoms with Crippen molar-refractivity contribution in [1.29, 1.82) is 0 Å². The van der Waals surface area contributed by atoms with Crippen molar-refractivity contribution in [1.82, 2.24) is 9.47 Å². The third-order valence-electron chi connectivity index (χ3n) is 5.65. The van der Waals surface area contributed by atoms with Crippen LogP contribution in [0.3, 0.4) is 0 Å². The molecule has 0 spiro atoms. The predicted molar refractivity (Wildman–Crippen MR) is 120 cm³/mol. The first-order valence-electron chi connectivity index (χ1n) is 10.2. The minimum atomic E-state index is -0.890. The van der Waals surface area contributed by atoms with E-state index in [2.05, 4.69) is 0 Å². The summed E-state index contributed by atoms with van der Waals surface area (Å²) in [5.74, 6) is -1.14. The number of carboxylic acid groups (broad SMARTS) is 1. The molecule has 30 heavy (non-hydrogen) atoms. The first kappa shape index (κ1) is 20.9. The van der Waals surface area contributed by atoms with Crippen LogP contribution < -0.4 is 0 Å². The largest absolute Gasteiger partial charge is 0.478 e. The van der Waals surface area contributed by atoms with Gasteiger partial charge in [0.1, 0.15) is 5.00 Å². The summed E-state index contributed by atoms with van der Waals surface area (Å²) < 4.78 is 1.98. The molecule has 0 saturated carbocycles. The molecule has 158 valence electrons. The fraction of sp³-hybridized carbons (Fsp3) is 0.409. The number of carbonyl (C=O) groups excluding carboxylic acids is 2. The number of nitrogens with zero attached hydrogens (tertiary/aromatic N) is 2. The van der Waals surface area contributed by atoms with Crippen LogP contribution in [-0.4, -0.2) is 38.2 Å². The van der Waals surface area contributed by atoms with Crippen molar-refractivity contribution in [3.8, 4) is 5.00 Å². The first-order chi connectivity index (χ1) is 14.3. The number of hydrogen-bond donors (Lipinski definition) is 1. The Morgan fingerprint density at radius 3 is 2.67 bits per heavy atom. The van der Waals surface area contributed by atoms with Crippen molar-refractivity contribution >= 4 is 46.3 Å². The van der Waals surface area contributed by atoms with Gasteiger partial charge in [0.25, 0.3) is 11.1 Å². The maximum absolute atomic E-state index is 12.6. The molecule has 1 N–H and O–H groups in total. The maximum Gasteiger partial charge on any atom is 0.339 e. The Kier molecular flexibility index (Phi) is 5.63. The molecule has 3 heterocycles. The monoisotopic (exact) mass is 444 g/mol. The van der Waals surface area contributed by atoms with Crippen LogP contribution in [0.4, 0.5) is 4.79 Å². The van der Waals surface area contributed by atoms with Crippen molar-refractivity contribution in [3.63, 3.8) is 0 Å². The smallest absolute Gasteiger partial charge is 0.339 e. The zero-order chi connectivity index (χ0) is 21.6. The van der Waals surface area contributed by atoms with Crippen molar-refractivity contribution in [2.75, 3.05) is 6.54 Å². The molecule has 6 nitrogen and oxygen atoms in total. The minimum Gasteiger partial charge on any atom is -0.478 e. The predicted octanol–water partition coefficient (Wildman–Crippen LogP) is 5.18. The van der Waals surface area contributed by atoms with Gasteiger partial charge in [-0.2, -0.15) is 0 Å². The summed E-state index contributed by atoms with van der Waals surface area (Å²) in [5.41, 5.74) is 4.00. The lowest BCUT2D eigenvalue weighted by Gasteiger charge is -2.11. The molecule has 2 aromatic heterocycles. The second kappa shape index (κ2) is 8.07. The van der Waals surface area contributed by atoms with Gasteiger partial charge in [0.05, 0.1) is 10.5 Å². The molecule has 8 heteroatoms.